The van der Waals surface area contributed by atoms with Crippen LogP contribution < -0.4 is 5.73 Å². The number of hydrogen-bond donors (Lipinski definition) is 1. The summed E-state index contributed by atoms with van der Waals surface area (Å²) in [5, 5.41) is 0. The first kappa shape index (κ1) is 12.8. The lowest BCUT2D eigenvalue weighted by Crippen LogP contribution is -2.46. The van der Waals surface area contributed by atoms with Crippen molar-refractivity contribution >= 4 is 0 Å². The number of nitrogens with two attached hydrogens (primary N) is 1. The monoisotopic (exact) mass is 224 g/mol. The average Bonchev–Trinajstić information content (AvgIpc) is 2.14. The van der Waals surface area contributed by atoms with Crippen LogP contribution in [0.15, 0.2) is 0 Å². The van der Waals surface area contributed by atoms with E-state index in [4.69, 9.17) is 5.73 Å². The second-order valence-electron chi connectivity index (χ2n) is 4.31. The Hall–Kier alpha value is -0.290. The number of halogens is 3. The van der Waals surface area contributed by atoms with Crippen molar-refractivity contribution in [2.75, 3.05) is 19.6 Å². The Bertz CT molecular complexity index is 194. The Morgan fingerprint density at radius 3 is 2.53 bits per heavy atom. The van der Waals surface area contributed by atoms with E-state index < -0.39 is 12.1 Å². The molecule has 0 amide bonds. The predicted molar refractivity (Wildman–Crippen MR) is 53.5 cm³/mol. The maximum Gasteiger partial charge on any atom is 0.394 e. The smallest absolute Gasteiger partial charge is 0.330 e. The van der Waals surface area contributed by atoms with Gasteiger partial charge in [0.05, 0.1) is 5.92 Å². The van der Waals surface area contributed by atoms with Gasteiger partial charge in [-0.25, -0.2) is 0 Å². The van der Waals surface area contributed by atoms with Gasteiger partial charge in [0.2, 0.25) is 0 Å². The molecular formula is C10H19F3N2. The molecule has 2 N–H and O–H groups in total. The predicted octanol–water partition coefficient (Wildman–Crippen LogP) is 2.00. The van der Waals surface area contributed by atoms with Gasteiger partial charge in [0.1, 0.15) is 0 Å². The quantitative estimate of drug-likeness (QED) is 0.794. The van der Waals surface area contributed by atoms with Gasteiger partial charge in [-0.2, -0.15) is 13.2 Å². The Balaban J connectivity index is 2.50. The van der Waals surface area contributed by atoms with Crippen LogP contribution in [0.4, 0.5) is 13.2 Å². The molecular weight excluding hydrogens is 205 g/mol. The first-order valence-corrected chi connectivity index (χ1v) is 5.46. The molecule has 1 aliphatic heterocycles. The summed E-state index contributed by atoms with van der Waals surface area (Å²) in [5.41, 5.74) is 5.17. The van der Waals surface area contributed by atoms with Crippen molar-refractivity contribution in [2.24, 2.45) is 11.7 Å². The molecule has 0 aliphatic carbocycles. The first-order valence-electron chi connectivity index (χ1n) is 5.46. The number of rotatable bonds is 3. The minimum absolute atomic E-state index is 0.0567. The third-order valence-electron chi connectivity index (χ3n) is 3.14. The highest BCUT2D eigenvalue weighted by atomic mass is 19.4. The summed E-state index contributed by atoms with van der Waals surface area (Å²) in [6, 6.07) is 0.259. The fourth-order valence-corrected chi connectivity index (χ4v) is 2.02. The summed E-state index contributed by atoms with van der Waals surface area (Å²) < 4.78 is 37.5. The fourth-order valence-electron chi connectivity index (χ4n) is 2.02. The lowest BCUT2D eigenvalue weighted by atomic mass is 10.0. The van der Waals surface area contributed by atoms with Crippen LogP contribution in [-0.4, -0.2) is 36.8 Å². The molecule has 1 heterocycles. The maximum atomic E-state index is 12.5. The van der Waals surface area contributed by atoms with Crippen LogP contribution in [0.5, 0.6) is 0 Å². The van der Waals surface area contributed by atoms with Crippen molar-refractivity contribution in [3.8, 4) is 0 Å². The molecule has 1 aliphatic rings. The molecule has 0 spiro atoms. The molecule has 0 bridgehead atoms. The highest BCUT2D eigenvalue weighted by Crippen LogP contribution is 2.28. The summed E-state index contributed by atoms with van der Waals surface area (Å²) in [4.78, 5) is 1.91. The standard InChI is InChI=1S/C10H19F3N2/c1-8-4-2-3-5-15(8)7-9(6-14)10(11,12)13/h8-9H,2-7,14H2,1H3. The normalized spacial score (nSPS) is 26.6. The zero-order valence-electron chi connectivity index (χ0n) is 9.06. The maximum absolute atomic E-state index is 12.5. The van der Waals surface area contributed by atoms with Crippen LogP contribution in [-0.2, 0) is 0 Å². The number of likely N-dealkylation sites (tertiary alicyclic amines) is 1. The molecule has 0 aromatic carbocycles. The number of hydrogen-bond acceptors (Lipinski definition) is 2. The van der Waals surface area contributed by atoms with E-state index in [1.165, 1.54) is 0 Å². The van der Waals surface area contributed by atoms with Gasteiger partial charge in [-0.1, -0.05) is 6.42 Å². The van der Waals surface area contributed by atoms with Crippen molar-refractivity contribution in [3.63, 3.8) is 0 Å². The summed E-state index contributed by atoms with van der Waals surface area (Å²) in [6.45, 7) is 2.50. The molecule has 15 heavy (non-hydrogen) atoms. The van der Waals surface area contributed by atoms with E-state index in [0.29, 0.717) is 0 Å². The van der Waals surface area contributed by atoms with E-state index in [2.05, 4.69) is 0 Å². The van der Waals surface area contributed by atoms with E-state index in [0.717, 1.165) is 25.8 Å². The van der Waals surface area contributed by atoms with Crippen LogP contribution in [0.1, 0.15) is 26.2 Å². The lowest BCUT2D eigenvalue weighted by molar-refractivity contribution is -0.178. The fraction of sp³-hybridized carbons (Fsp3) is 1.00. The molecule has 5 heteroatoms. The van der Waals surface area contributed by atoms with Gasteiger partial charge in [0.15, 0.2) is 0 Å². The van der Waals surface area contributed by atoms with Crippen molar-refractivity contribution in [1.82, 2.24) is 4.90 Å². The Morgan fingerprint density at radius 2 is 2.07 bits per heavy atom. The third kappa shape index (κ3) is 3.65. The van der Waals surface area contributed by atoms with E-state index in [9.17, 15) is 13.2 Å². The highest BCUT2D eigenvalue weighted by Gasteiger charge is 2.40. The van der Waals surface area contributed by atoms with Gasteiger partial charge in [-0.15, -0.1) is 0 Å². The topological polar surface area (TPSA) is 29.3 Å². The minimum atomic E-state index is -4.16. The highest BCUT2D eigenvalue weighted by molar-refractivity contribution is 4.79. The lowest BCUT2D eigenvalue weighted by Gasteiger charge is -2.36. The van der Waals surface area contributed by atoms with Crippen molar-refractivity contribution < 1.29 is 13.2 Å². The molecule has 0 saturated carbocycles. The summed E-state index contributed by atoms with van der Waals surface area (Å²) in [5.74, 6) is -1.38. The molecule has 90 valence electrons. The van der Waals surface area contributed by atoms with Crippen molar-refractivity contribution in [2.45, 2.75) is 38.4 Å². The second-order valence-corrected chi connectivity index (χ2v) is 4.31. The molecule has 2 unspecified atom stereocenters. The van der Waals surface area contributed by atoms with Gasteiger partial charge >= 0.3 is 6.18 Å². The molecule has 1 rings (SSSR count). The van der Waals surface area contributed by atoms with E-state index >= 15 is 0 Å². The zero-order chi connectivity index (χ0) is 11.5. The van der Waals surface area contributed by atoms with Crippen LogP contribution >= 0.6 is 0 Å². The SMILES string of the molecule is CC1CCCCN1CC(CN)C(F)(F)F. The van der Waals surface area contributed by atoms with Crippen LogP contribution in [0.25, 0.3) is 0 Å². The Labute approximate surface area is 88.6 Å². The number of nitrogens with zero attached hydrogens (tertiary/aromatic N) is 1. The Kier molecular flexibility index (Phi) is 4.40. The van der Waals surface area contributed by atoms with Crippen molar-refractivity contribution in [1.29, 1.82) is 0 Å². The van der Waals surface area contributed by atoms with Crippen LogP contribution in [0.2, 0.25) is 0 Å². The summed E-state index contributed by atoms with van der Waals surface area (Å²) >= 11 is 0. The summed E-state index contributed by atoms with van der Waals surface area (Å²) in [6.07, 6.45) is -1.04. The Morgan fingerprint density at radius 1 is 1.40 bits per heavy atom. The minimum Gasteiger partial charge on any atom is -0.330 e. The number of alkyl halides is 3. The van der Waals surface area contributed by atoms with Gasteiger partial charge in [0.25, 0.3) is 0 Å². The first-order chi connectivity index (χ1) is 6.95. The molecule has 0 aromatic heterocycles. The van der Waals surface area contributed by atoms with E-state index in [-0.39, 0.29) is 19.1 Å². The average molecular weight is 224 g/mol. The molecule has 2 atom stereocenters. The van der Waals surface area contributed by atoms with E-state index in [1.54, 1.807) is 0 Å². The van der Waals surface area contributed by atoms with E-state index in [1.807, 2.05) is 11.8 Å². The van der Waals surface area contributed by atoms with Crippen LogP contribution in [0, 0.1) is 5.92 Å². The molecule has 1 fully saturated rings. The molecule has 1 saturated heterocycles. The second kappa shape index (κ2) is 5.16. The van der Waals surface area contributed by atoms with Crippen molar-refractivity contribution in [3.05, 3.63) is 0 Å². The largest absolute Gasteiger partial charge is 0.394 e. The van der Waals surface area contributed by atoms with Gasteiger partial charge in [-0.05, 0) is 26.3 Å². The third-order valence-corrected chi connectivity index (χ3v) is 3.14. The molecule has 0 aromatic rings. The van der Waals surface area contributed by atoms with Gasteiger partial charge in [0, 0.05) is 19.1 Å². The number of piperidine rings is 1. The van der Waals surface area contributed by atoms with Gasteiger partial charge in [-0.3, -0.25) is 4.90 Å². The molecule has 2 nitrogen and oxygen atoms in total. The molecule has 0 radical (unpaired) electrons. The summed E-state index contributed by atoms with van der Waals surface area (Å²) in [7, 11) is 0. The zero-order valence-corrected chi connectivity index (χ0v) is 9.06. The van der Waals surface area contributed by atoms with Crippen LogP contribution in [0.3, 0.4) is 0 Å². The van der Waals surface area contributed by atoms with Gasteiger partial charge < -0.3 is 5.73 Å².